The van der Waals surface area contributed by atoms with E-state index < -0.39 is 18.8 Å². The van der Waals surface area contributed by atoms with Crippen molar-refractivity contribution in [2.45, 2.75) is 19.1 Å². The molecule has 1 aliphatic rings. The van der Waals surface area contributed by atoms with Crippen molar-refractivity contribution in [2.24, 2.45) is 0 Å². The van der Waals surface area contributed by atoms with Gasteiger partial charge in [0.1, 0.15) is 0 Å². The second kappa shape index (κ2) is 8.59. The smallest absolute Gasteiger partial charge is 0.401 e. The molecule has 0 aliphatic carbocycles. The fourth-order valence-electron chi connectivity index (χ4n) is 2.89. The minimum absolute atomic E-state index is 0.221. The third-order valence-electron chi connectivity index (χ3n) is 4.39. The minimum Gasteiger partial charge on any atom is -0.493 e. The van der Waals surface area contributed by atoms with Gasteiger partial charge in [-0.3, -0.25) is 14.6 Å². The molecule has 1 fully saturated rings. The Morgan fingerprint density at radius 3 is 2.31 bits per heavy atom. The third kappa shape index (κ3) is 5.50. The Balaban J connectivity index is 1.90. The SMILES string of the molecule is COc1ccc(NC(=O)[C@@H](C)N2CCN(CC(F)(F)F)CC2)cc1OC. The van der Waals surface area contributed by atoms with Crippen molar-refractivity contribution in [3.8, 4) is 11.5 Å². The molecule has 0 unspecified atom stereocenters. The molecule has 1 amide bonds. The standard InChI is InChI=1S/C17H24F3N3O3/c1-12(23-8-6-22(7-9-23)11-17(18,19)20)16(24)21-13-4-5-14(25-2)15(10-13)26-3/h4-5,10,12H,6-9,11H2,1-3H3,(H,21,24)/t12-/m1/s1. The summed E-state index contributed by atoms with van der Waals surface area (Å²) in [4.78, 5) is 15.7. The summed E-state index contributed by atoms with van der Waals surface area (Å²) in [7, 11) is 3.03. The highest BCUT2D eigenvalue weighted by atomic mass is 19.4. The number of alkyl halides is 3. The van der Waals surface area contributed by atoms with Crippen LogP contribution in [-0.4, -0.2) is 74.9 Å². The van der Waals surface area contributed by atoms with Crippen LogP contribution >= 0.6 is 0 Å². The first-order chi connectivity index (χ1) is 12.2. The molecule has 1 saturated heterocycles. The zero-order chi connectivity index (χ0) is 19.3. The summed E-state index contributed by atoms with van der Waals surface area (Å²) in [5, 5.41) is 2.80. The number of hydrogen-bond donors (Lipinski definition) is 1. The average Bonchev–Trinajstić information content (AvgIpc) is 2.60. The van der Waals surface area contributed by atoms with E-state index in [-0.39, 0.29) is 19.0 Å². The maximum absolute atomic E-state index is 12.5. The van der Waals surface area contributed by atoms with E-state index in [4.69, 9.17) is 9.47 Å². The van der Waals surface area contributed by atoms with Crippen LogP contribution < -0.4 is 14.8 Å². The fraction of sp³-hybridized carbons (Fsp3) is 0.588. The molecule has 1 aliphatic heterocycles. The van der Waals surface area contributed by atoms with Crippen LogP contribution in [-0.2, 0) is 4.79 Å². The number of amides is 1. The molecule has 146 valence electrons. The predicted molar refractivity (Wildman–Crippen MR) is 91.7 cm³/mol. The Morgan fingerprint density at radius 1 is 1.15 bits per heavy atom. The summed E-state index contributed by atoms with van der Waals surface area (Å²) >= 11 is 0. The zero-order valence-electron chi connectivity index (χ0n) is 15.1. The lowest BCUT2D eigenvalue weighted by molar-refractivity contribution is -0.150. The van der Waals surface area contributed by atoms with Crippen molar-refractivity contribution in [2.75, 3.05) is 52.3 Å². The van der Waals surface area contributed by atoms with Crippen molar-refractivity contribution >= 4 is 11.6 Å². The molecule has 9 heteroatoms. The van der Waals surface area contributed by atoms with Crippen LogP contribution in [0.3, 0.4) is 0 Å². The van der Waals surface area contributed by atoms with Gasteiger partial charge in [0.25, 0.3) is 0 Å². The van der Waals surface area contributed by atoms with Crippen LogP contribution in [0, 0.1) is 0 Å². The number of halogens is 3. The molecule has 1 heterocycles. The van der Waals surface area contributed by atoms with Gasteiger partial charge < -0.3 is 14.8 Å². The topological polar surface area (TPSA) is 54.0 Å². The first kappa shape index (κ1) is 20.3. The zero-order valence-corrected chi connectivity index (χ0v) is 15.1. The van der Waals surface area contributed by atoms with Gasteiger partial charge in [-0.25, -0.2) is 0 Å². The Bertz CT molecular complexity index is 617. The van der Waals surface area contributed by atoms with Gasteiger partial charge >= 0.3 is 6.18 Å². The maximum atomic E-state index is 12.5. The van der Waals surface area contributed by atoms with E-state index in [0.717, 1.165) is 0 Å². The normalized spacial score (nSPS) is 17.6. The molecule has 2 rings (SSSR count). The van der Waals surface area contributed by atoms with Gasteiger partial charge in [-0.2, -0.15) is 13.2 Å². The van der Waals surface area contributed by atoms with E-state index in [0.29, 0.717) is 30.3 Å². The molecule has 1 aromatic carbocycles. The summed E-state index contributed by atoms with van der Waals surface area (Å²) in [6.45, 7) is 2.23. The van der Waals surface area contributed by atoms with E-state index >= 15 is 0 Å². The van der Waals surface area contributed by atoms with Crippen molar-refractivity contribution in [1.82, 2.24) is 9.80 Å². The largest absolute Gasteiger partial charge is 0.493 e. The molecule has 0 bridgehead atoms. The fourth-order valence-corrected chi connectivity index (χ4v) is 2.89. The Labute approximate surface area is 150 Å². The van der Waals surface area contributed by atoms with Crippen LogP contribution in [0.25, 0.3) is 0 Å². The number of nitrogens with one attached hydrogen (secondary N) is 1. The molecule has 1 aromatic rings. The van der Waals surface area contributed by atoms with Crippen LogP contribution in [0.1, 0.15) is 6.92 Å². The first-order valence-corrected chi connectivity index (χ1v) is 8.29. The number of anilines is 1. The number of hydrogen-bond acceptors (Lipinski definition) is 5. The molecule has 0 aromatic heterocycles. The highest BCUT2D eigenvalue weighted by Gasteiger charge is 2.33. The Hall–Kier alpha value is -2.00. The highest BCUT2D eigenvalue weighted by Crippen LogP contribution is 2.29. The van der Waals surface area contributed by atoms with Crippen molar-refractivity contribution in [1.29, 1.82) is 0 Å². The van der Waals surface area contributed by atoms with Crippen LogP contribution in [0.15, 0.2) is 18.2 Å². The summed E-state index contributed by atoms with van der Waals surface area (Å²) in [6.07, 6.45) is -4.20. The number of piperazine rings is 1. The van der Waals surface area contributed by atoms with E-state index in [1.807, 2.05) is 4.90 Å². The molecule has 1 atom stereocenters. The van der Waals surface area contributed by atoms with E-state index in [9.17, 15) is 18.0 Å². The molecule has 1 N–H and O–H groups in total. The summed E-state index contributed by atoms with van der Waals surface area (Å²) in [5.74, 6) is 0.833. The summed E-state index contributed by atoms with van der Waals surface area (Å²) < 4.78 is 47.7. The van der Waals surface area contributed by atoms with Gasteiger partial charge in [0.05, 0.1) is 26.8 Å². The number of nitrogens with zero attached hydrogens (tertiary/aromatic N) is 2. The third-order valence-corrected chi connectivity index (χ3v) is 4.39. The molecule has 26 heavy (non-hydrogen) atoms. The predicted octanol–water partition coefficient (Wildman–Crippen LogP) is 2.21. The summed E-state index contributed by atoms with van der Waals surface area (Å²) in [5.41, 5.74) is 0.565. The summed E-state index contributed by atoms with van der Waals surface area (Å²) in [6, 6.07) is 4.60. The highest BCUT2D eigenvalue weighted by molar-refractivity contribution is 5.94. The van der Waals surface area contributed by atoms with Crippen molar-refractivity contribution in [3.63, 3.8) is 0 Å². The molecule has 0 radical (unpaired) electrons. The lowest BCUT2D eigenvalue weighted by Crippen LogP contribution is -2.54. The van der Waals surface area contributed by atoms with Gasteiger partial charge in [-0.15, -0.1) is 0 Å². The van der Waals surface area contributed by atoms with Gasteiger partial charge in [-0.05, 0) is 19.1 Å². The number of benzene rings is 1. The van der Waals surface area contributed by atoms with Crippen LogP contribution in [0.4, 0.5) is 18.9 Å². The van der Waals surface area contributed by atoms with E-state index in [1.54, 1.807) is 25.1 Å². The number of carbonyl (C=O) groups is 1. The van der Waals surface area contributed by atoms with Crippen molar-refractivity contribution in [3.05, 3.63) is 18.2 Å². The minimum atomic E-state index is -4.20. The van der Waals surface area contributed by atoms with Gasteiger partial charge in [0.15, 0.2) is 11.5 Å². The van der Waals surface area contributed by atoms with Crippen LogP contribution in [0.2, 0.25) is 0 Å². The molecule has 0 spiro atoms. The number of rotatable bonds is 6. The average molecular weight is 375 g/mol. The second-order valence-electron chi connectivity index (χ2n) is 6.16. The number of ether oxygens (including phenoxy) is 2. The van der Waals surface area contributed by atoms with E-state index in [2.05, 4.69) is 5.32 Å². The Kier molecular flexibility index (Phi) is 6.71. The lowest BCUT2D eigenvalue weighted by Gasteiger charge is -2.37. The van der Waals surface area contributed by atoms with Gasteiger partial charge in [0, 0.05) is 37.9 Å². The number of carbonyl (C=O) groups excluding carboxylic acids is 1. The monoisotopic (exact) mass is 375 g/mol. The molecule has 0 saturated carbocycles. The lowest BCUT2D eigenvalue weighted by atomic mass is 10.2. The second-order valence-corrected chi connectivity index (χ2v) is 6.16. The first-order valence-electron chi connectivity index (χ1n) is 8.29. The molecular weight excluding hydrogens is 351 g/mol. The number of methoxy groups -OCH3 is 2. The van der Waals surface area contributed by atoms with E-state index in [1.165, 1.54) is 19.1 Å². The maximum Gasteiger partial charge on any atom is 0.401 e. The molecule has 6 nitrogen and oxygen atoms in total. The van der Waals surface area contributed by atoms with Crippen LogP contribution in [0.5, 0.6) is 11.5 Å². The molecular formula is C17H24F3N3O3. The van der Waals surface area contributed by atoms with Crippen molar-refractivity contribution < 1.29 is 27.4 Å². The Morgan fingerprint density at radius 2 is 1.77 bits per heavy atom. The van der Waals surface area contributed by atoms with Gasteiger partial charge in [0.2, 0.25) is 5.91 Å². The quantitative estimate of drug-likeness (QED) is 0.826. The van der Waals surface area contributed by atoms with Gasteiger partial charge in [-0.1, -0.05) is 0 Å².